The van der Waals surface area contributed by atoms with Crippen LogP contribution in [-0.4, -0.2) is 18.0 Å². The van der Waals surface area contributed by atoms with Crippen LogP contribution in [0.2, 0.25) is 0 Å². The summed E-state index contributed by atoms with van der Waals surface area (Å²) >= 11 is 0. The first-order chi connectivity index (χ1) is 5.99. The van der Waals surface area contributed by atoms with E-state index in [4.69, 9.17) is 5.11 Å². The van der Waals surface area contributed by atoms with Crippen molar-refractivity contribution < 1.29 is 9.84 Å². The predicted octanol–water partition coefficient (Wildman–Crippen LogP) is 2.72. The Kier molecular flexibility index (Phi) is 6.00. The van der Waals surface area contributed by atoms with Crippen molar-refractivity contribution >= 4 is 0 Å². The summed E-state index contributed by atoms with van der Waals surface area (Å²) < 4.78 is 4.49. The Hall–Kier alpha value is -0.340. The third-order valence-electron chi connectivity index (χ3n) is 2.23. The Balaban J connectivity index is 0.000000226. The van der Waals surface area contributed by atoms with E-state index in [1.807, 2.05) is 0 Å². The zero-order valence-corrected chi connectivity index (χ0v) is 9.05. The minimum atomic E-state index is -0.958. The molecule has 13 heavy (non-hydrogen) atoms. The highest BCUT2D eigenvalue weighted by atomic mass is 16.6. The van der Waals surface area contributed by atoms with Crippen LogP contribution in [0, 0.1) is 5.92 Å². The zero-order valence-electron chi connectivity index (χ0n) is 9.05. The number of methoxy groups -OCH3 is 1. The highest BCUT2D eigenvalue weighted by molar-refractivity contribution is 4.82. The molecule has 1 aliphatic rings. The predicted molar refractivity (Wildman–Crippen MR) is 55.5 cm³/mol. The third-order valence-corrected chi connectivity index (χ3v) is 2.23. The van der Waals surface area contributed by atoms with E-state index >= 15 is 0 Å². The Labute approximate surface area is 81.6 Å². The van der Waals surface area contributed by atoms with Gasteiger partial charge in [0.15, 0.2) is 5.79 Å². The summed E-state index contributed by atoms with van der Waals surface area (Å²) in [6, 6.07) is 0. The average Bonchev–Trinajstić information content (AvgIpc) is 2.56. The van der Waals surface area contributed by atoms with E-state index in [2.05, 4.69) is 17.4 Å². The number of aliphatic hydroxyl groups is 1. The summed E-state index contributed by atoms with van der Waals surface area (Å²) in [5.74, 6) is -0.0972. The molecule has 0 aromatic rings. The molecular weight excluding hydrogens is 164 g/mol. The summed E-state index contributed by atoms with van der Waals surface area (Å²) in [6.45, 7) is 6.90. The largest absolute Gasteiger partial charge is 0.366 e. The number of ether oxygens (including phenoxy) is 1. The monoisotopic (exact) mass is 186 g/mol. The highest BCUT2D eigenvalue weighted by Crippen LogP contribution is 2.24. The first-order valence-electron chi connectivity index (χ1n) is 4.89. The molecule has 1 rings (SSSR count). The average molecular weight is 186 g/mol. The fourth-order valence-corrected chi connectivity index (χ4v) is 1.19. The molecule has 78 valence electrons. The Morgan fingerprint density at radius 3 is 1.92 bits per heavy atom. The summed E-state index contributed by atoms with van der Waals surface area (Å²) in [4.78, 5) is 0. The molecule has 0 bridgehead atoms. The lowest BCUT2D eigenvalue weighted by atomic mass is 10.1. The summed E-state index contributed by atoms with van der Waals surface area (Å²) in [7, 11) is 1.46. The normalized spacial score (nSPS) is 17.8. The molecule has 0 saturated heterocycles. The van der Waals surface area contributed by atoms with Crippen LogP contribution in [0.4, 0.5) is 0 Å². The summed E-state index contributed by atoms with van der Waals surface area (Å²) in [6.07, 6.45) is 7.73. The molecule has 0 amide bonds. The van der Waals surface area contributed by atoms with Crippen LogP contribution in [0.15, 0.2) is 12.7 Å². The van der Waals surface area contributed by atoms with Crippen molar-refractivity contribution in [2.45, 2.75) is 45.3 Å². The van der Waals surface area contributed by atoms with Gasteiger partial charge in [0.05, 0.1) is 0 Å². The molecule has 0 radical (unpaired) electrons. The summed E-state index contributed by atoms with van der Waals surface area (Å²) in [5, 5.41) is 8.60. The van der Waals surface area contributed by atoms with Crippen LogP contribution in [-0.2, 0) is 4.74 Å². The van der Waals surface area contributed by atoms with Gasteiger partial charge < -0.3 is 9.84 Å². The number of allylic oxidation sites excluding steroid dienone is 1. The number of hydrogen-bond donors (Lipinski definition) is 1. The minimum absolute atomic E-state index is 0.861. The molecule has 1 saturated carbocycles. The molecule has 0 atom stereocenters. The van der Waals surface area contributed by atoms with Crippen LogP contribution >= 0.6 is 0 Å². The van der Waals surface area contributed by atoms with Crippen molar-refractivity contribution in [3.8, 4) is 0 Å². The Morgan fingerprint density at radius 1 is 1.38 bits per heavy atom. The fraction of sp³-hybridized carbons (Fsp3) is 0.818. The standard InChI is InChI=1S/C7H12.C4H10O2/c1-2-7-5-3-4-6-7;1-4(2,5)6-3/h2,7H,1,3-6H2;5H,1-3H3. The summed E-state index contributed by atoms with van der Waals surface area (Å²) in [5.41, 5.74) is 0. The Bertz CT molecular complexity index is 130. The van der Waals surface area contributed by atoms with Crippen LogP contribution in [0.5, 0.6) is 0 Å². The maximum absolute atomic E-state index is 8.60. The van der Waals surface area contributed by atoms with Crippen molar-refractivity contribution in [2.75, 3.05) is 7.11 Å². The van der Waals surface area contributed by atoms with Gasteiger partial charge in [-0.05, 0) is 32.6 Å². The van der Waals surface area contributed by atoms with Crippen molar-refractivity contribution in [2.24, 2.45) is 5.92 Å². The van der Waals surface area contributed by atoms with Gasteiger partial charge in [0.1, 0.15) is 0 Å². The van der Waals surface area contributed by atoms with E-state index in [1.165, 1.54) is 32.8 Å². The van der Waals surface area contributed by atoms with Crippen molar-refractivity contribution in [3.63, 3.8) is 0 Å². The van der Waals surface area contributed by atoms with Crippen LogP contribution in [0.1, 0.15) is 39.5 Å². The van der Waals surface area contributed by atoms with Gasteiger partial charge in [-0.15, -0.1) is 6.58 Å². The van der Waals surface area contributed by atoms with Crippen molar-refractivity contribution in [1.29, 1.82) is 0 Å². The maximum Gasteiger partial charge on any atom is 0.159 e. The molecule has 0 spiro atoms. The first kappa shape index (κ1) is 12.7. The lowest BCUT2D eigenvalue weighted by molar-refractivity contribution is -0.155. The molecule has 0 aromatic heterocycles. The molecule has 2 heteroatoms. The zero-order chi connectivity index (χ0) is 10.3. The van der Waals surface area contributed by atoms with Crippen molar-refractivity contribution in [3.05, 3.63) is 12.7 Å². The topological polar surface area (TPSA) is 29.5 Å². The molecule has 1 N–H and O–H groups in total. The molecule has 2 nitrogen and oxygen atoms in total. The van der Waals surface area contributed by atoms with E-state index in [-0.39, 0.29) is 0 Å². The molecule has 0 unspecified atom stereocenters. The van der Waals surface area contributed by atoms with Gasteiger partial charge in [0.2, 0.25) is 0 Å². The van der Waals surface area contributed by atoms with Crippen molar-refractivity contribution in [1.82, 2.24) is 0 Å². The van der Waals surface area contributed by atoms with Gasteiger partial charge >= 0.3 is 0 Å². The van der Waals surface area contributed by atoms with E-state index in [9.17, 15) is 0 Å². The smallest absolute Gasteiger partial charge is 0.159 e. The maximum atomic E-state index is 8.60. The van der Waals surface area contributed by atoms with Gasteiger partial charge in [-0.2, -0.15) is 0 Å². The SMILES string of the molecule is C=CC1CCCC1.COC(C)(C)O. The van der Waals surface area contributed by atoms with E-state index in [0.717, 1.165) is 5.92 Å². The van der Waals surface area contributed by atoms with Gasteiger partial charge in [0, 0.05) is 7.11 Å². The van der Waals surface area contributed by atoms with E-state index in [0.29, 0.717) is 0 Å². The molecule has 0 heterocycles. The molecule has 1 aliphatic carbocycles. The second-order valence-corrected chi connectivity index (χ2v) is 3.93. The minimum Gasteiger partial charge on any atom is -0.366 e. The van der Waals surface area contributed by atoms with E-state index in [1.54, 1.807) is 13.8 Å². The van der Waals surface area contributed by atoms with E-state index < -0.39 is 5.79 Å². The van der Waals surface area contributed by atoms with Crippen LogP contribution in [0.3, 0.4) is 0 Å². The first-order valence-corrected chi connectivity index (χ1v) is 4.89. The lowest BCUT2D eigenvalue weighted by Crippen LogP contribution is -2.20. The molecule has 0 aromatic carbocycles. The molecular formula is C11H22O2. The third kappa shape index (κ3) is 8.00. The lowest BCUT2D eigenvalue weighted by Gasteiger charge is -2.12. The number of rotatable bonds is 2. The van der Waals surface area contributed by atoms with Gasteiger partial charge in [-0.25, -0.2) is 0 Å². The second kappa shape index (κ2) is 6.17. The van der Waals surface area contributed by atoms with Crippen LogP contribution < -0.4 is 0 Å². The van der Waals surface area contributed by atoms with Crippen LogP contribution in [0.25, 0.3) is 0 Å². The van der Waals surface area contributed by atoms with Gasteiger partial charge in [0.25, 0.3) is 0 Å². The fourth-order valence-electron chi connectivity index (χ4n) is 1.19. The molecule has 1 fully saturated rings. The number of hydrogen-bond acceptors (Lipinski definition) is 2. The van der Waals surface area contributed by atoms with Gasteiger partial charge in [-0.3, -0.25) is 0 Å². The highest BCUT2D eigenvalue weighted by Gasteiger charge is 2.09. The molecule has 0 aliphatic heterocycles. The second-order valence-electron chi connectivity index (χ2n) is 3.93. The van der Waals surface area contributed by atoms with Gasteiger partial charge in [-0.1, -0.05) is 18.9 Å². The quantitative estimate of drug-likeness (QED) is 0.531. The Morgan fingerprint density at radius 2 is 1.77 bits per heavy atom.